The summed E-state index contributed by atoms with van der Waals surface area (Å²) in [5, 5.41) is 2.50. The highest BCUT2D eigenvalue weighted by Gasteiger charge is 2.39. The smallest absolute Gasteiger partial charge is 0.227 e. The summed E-state index contributed by atoms with van der Waals surface area (Å²) in [6.45, 7) is 1.97. The number of carbonyl (C=O) groups is 1. The maximum Gasteiger partial charge on any atom is 0.227 e. The van der Waals surface area contributed by atoms with E-state index in [1.165, 1.54) is 0 Å². The number of nitrogens with one attached hydrogen (secondary N) is 1. The molecule has 0 radical (unpaired) electrons. The molecule has 1 saturated carbocycles. The van der Waals surface area contributed by atoms with Crippen LogP contribution in [0.1, 0.15) is 13.3 Å². The Kier molecular flexibility index (Phi) is 2.42. The molecule has 1 aromatic carbocycles. The Morgan fingerprint density at radius 1 is 1.33 bits per heavy atom. The zero-order chi connectivity index (χ0) is 11.0. The largest absolute Gasteiger partial charge is 0.326 e. The Hall–Kier alpha value is -1.45. The predicted molar refractivity (Wildman–Crippen MR) is 52.3 cm³/mol. The first-order valence-electron chi connectivity index (χ1n) is 4.83. The van der Waals surface area contributed by atoms with Gasteiger partial charge in [-0.2, -0.15) is 0 Å². The van der Waals surface area contributed by atoms with Crippen LogP contribution in [0.4, 0.5) is 14.5 Å². The molecule has 1 aliphatic carbocycles. The zero-order valence-electron chi connectivity index (χ0n) is 8.26. The second-order valence-corrected chi connectivity index (χ2v) is 3.97. The van der Waals surface area contributed by atoms with Crippen molar-refractivity contribution < 1.29 is 13.6 Å². The van der Waals surface area contributed by atoms with Crippen molar-refractivity contribution in [2.75, 3.05) is 5.32 Å². The van der Waals surface area contributed by atoms with E-state index in [0.29, 0.717) is 5.92 Å². The summed E-state index contributed by atoms with van der Waals surface area (Å²) in [6.07, 6.45) is 0.851. The van der Waals surface area contributed by atoms with Crippen LogP contribution in [0.3, 0.4) is 0 Å². The van der Waals surface area contributed by atoms with Crippen LogP contribution in [-0.2, 0) is 4.79 Å². The molecule has 80 valence electrons. The molecule has 0 saturated heterocycles. The van der Waals surface area contributed by atoms with Crippen LogP contribution in [0, 0.1) is 23.5 Å². The molecule has 15 heavy (non-hydrogen) atoms. The first-order valence-corrected chi connectivity index (χ1v) is 4.83. The summed E-state index contributed by atoms with van der Waals surface area (Å²) in [7, 11) is 0. The topological polar surface area (TPSA) is 29.1 Å². The second kappa shape index (κ2) is 3.61. The van der Waals surface area contributed by atoms with Gasteiger partial charge in [0.2, 0.25) is 5.91 Å². The van der Waals surface area contributed by atoms with Crippen LogP contribution in [0.2, 0.25) is 0 Å². The first kappa shape index (κ1) is 10.1. The molecule has 1 N–H and O–H groups in total. The van der Waals surface area contributed by atoms with Gasteiger partial charge in [-0.3, -0.25) is 4.79 Å². The predicted octanol–water partition coefficient (Wildman–Crippen LogP) is 2.56. The van der Waals surface area contributed by atoms with E-state index >= 15 is 0 Å². The van der Waals surface area contributed by atoms with E-state index in [0.717, 1.165) is 24.6 Å². The average Bonchev–Trinajstić information content (AvgIpc) is 2.80. The molecule has 2 nitrogen and oxygen atoms in total. The molecule has 2 atom stereocenters. The number of benzene rings is 1. The minimum absolute atomic E-state index is 0.00340. The molecule has 1 aliphatic rings. The summed E-state index contributed by atoms with van der Waals surface area (Å²) in [5.74, 6) is -1.16. The fourth-order valence-electron chi connectivity index (χ4n) is 1.55. The van der Waals surface area contributed by atoms with E-state index in [1.54, 1.807) is 0 Å². The Morgan fingerprint density at radius 3 is 2.33 bits per heavy atom. The maximum atomic E-state index is 12.8. The number of carbonyl (C=O) groups excluding carboxylic acids is 1. The zero-order valence-corrected chi connectivity index (χ0v) is 8.26. The van der Waals surface area contributed by atoms with Crippen molar-refractivity contribution in [1.82, 2.24) is 0 Å². The molecular weight excluding hydrogens is 200 g/mol. The highest BCUT2D eigenvalue weighted by Crippen LogP contribution is 2.38. The van der Waals surface area contributed by atoms with Crippen molar-refractivity contribution in [2.24, 2.45) is 11.8 Å². The number of amides is 1. The van der Waals surface area contributed by atoms with Gasteiger partial charge in [0, 0.05) is 17.7 Å². The van der Waals surface area contributed by atoms with E-state index in [-0.39, 0.29) is 17.5 Å². The fourth-order valence-corrected chi connectivity index (χ4v) is 1.55. The standard InChI is InChI=1S/C11H11F2NO/c1-6-2-10(6)11(15)14-9-4-7(12)3-8(13)5-9/h3-6,10H,2H2,1H3,(H,14,15). The molecule has 1 amide bonds. The molecule has 4 heteroatoms. The summed E-state index contributed by atoms with van der Waals surface area (Å²) < 4.78 is 25.6. The molecule has 0 bridgehead atoms. The molecule has 0 heterocycles. The van der Waals surface area contributed by atoms with Crippen molar-refractivity contribution in [3.05, 3.63) is 29.8 Å². The van der Waals surface area contributed by atoms with Gasteiger partial charge in [-0.05, 0) is 24.5 Å². The Balaban J connectivity index is 2.07. The van der Waals surface area contributed by atoms with Gasteiger partial charge in [0.15, 0.2) is 0 Å². The number of rotatable bonds is 2. The fraction of sp³-hybridized carbons (Fsp3) is 0.364. The van der Waals surface area contributed by atoms with Gasteiger partial charge in [-0.1, -0.05) is 6.92 Å². The average molecular weight is 211 g/mol. The Labute approximate surface area is 86.3 Å². The van der Waals surface area contributed by atoms with Crippen molar-refractivity contribution in [3.63, 3.8) is 0 Å². The Bertz CT molecular complexity index is 385. The monoisotopic (exact) mass is 211 g/mol. The van der Waals surface area contributed by atoms with Crippen LogP contribution < -0.4 is 5.32 Å². The molecule has 2 rings (SSSR count). The van der Waals surface area contributed by atoms with Gasteiger partial charge in [0.05, 0.1) is 0 Å². The van der Waals surface area contributed by atoms with Gasteiger partial charge < -0.3 is 5.32 Å². The Morgan fingerprint density at radius 2 is 1.87 bits per heavy atom. The first-order chi connectivity index (χ1) is 7.06. The van der Waals surface area contributed by atoms with E-state index in [2.05, 4.69) is 5.32 Å². The third-order valence-corrected chi connectivity index (χ3v) is 2.58. The van der Waals surface area contributed by atoms with Gasteiger partial charge in [0.1, 0.15) is 11.6 Å². The number of hydrogen-bond donors (Lipinski definition) is 1. The number of halogens is 2. The molecule has 0 aliphatic heterocycles. The third kappa shape index (κ3) is 2.32. The lowest BCUT2D eigenvalue weighted by Crippen LogP contribution is -2.14. The van der Waals surface area contributed by atoms with Crippen LogP contribution in [-0.4, -0.2) is 5.91 Å². The van der Waals surface area contributed by atoms with Gasteiger partial charge >= 0.3 is 0 Å². The summed E-state index contributed by atoms with van der Waals surface area (Å²) in [6, 6.07) is 2.98. The summed E-state index contributed by atoms with van der Waals surface area (Å²) in [5.41, 5.74) is 0.177. The SMILES string of the molecule is CC1CC1C(=O)Nc1cc(F)cc(F)c1. The highest BCUT2D eigenvalue weighted by atomic mass is 19.1. The lowest BCUT2D eigenvalue weighted by atomic mass is 10.2. The van der Waals surface area contributed by atoms with Crippen LogP contribution in [0.25, 0.3) is 0 Å². The van der Waals surface area contributed by atoms with Crippen LogP contribution >= 0.6 is 0 Å². The molecular formula is C11H11F2NO. The van der Waals surface area contributed by atoms with Gasteiger partial charge in [0.25, 0.3) is 0 Å². The highest BCUT2D eigenvalue weighted by molar-refractivity contribution is 5.94. The van der Waals surface area contributed by atoms with E-state index in [1.807, 2.05) is 6.92 Å². The summed E-state index contributed by atoms with van der Waals surface area (Å²) in [4.78, 5) is 11.5. The maximum absolute atomic E-state index is 12.8. The third-order valence-electron chi connectivity index (χ3n) is 2.58. The van der Waals surface area contributed by atoms with E-state index in [9.17, 15) is 13.6 Å². The number of hydrogen-bond acceptors (Lipinski definition) is 1. The van der Waals surface area contributed by atoms with Crippen LogP contribution in [0.15, 0.2) is 18.2 Å². The van der Waals surface area contributed by atoms with E-state index in [4.69, 9.17) is 0 Å². The minimum Gasteiger partial charge on any atom is -0.326 e. The quantitative estimate of drug-likeness (QED) is 0.800. The lowest BCUT2D eigenvalue weighted by Gasteiger charge is -2.04. The molecule has 2 unspecified atom stereocenters. The molecule has 1 fully saturated rings. The van der Waals surface area contributed by atoms with Crippen molar-refractivity contribution in [1.29, 1.82) is 0 Å². The van der Waals surface area contributed by atoms with Gasteiger partial charge in [-0.25, -0.2) is 8.78 Å². The minimum atomic E-state index is -0.686. The lowest BCUT2D eigenvalue weighted by molar-refractivity contribution is -0.117. The molecule has 0 spiro atoms. The van der Waals surface area contributed by atoms with Gasteiger partial charge in [-0.15, -0.1) is 0 Å². The molecule has 0 aromatic heterocycles. The van der Waals surface area contributed by atoms with Crippen molar-refractivity contribution in [2.45, 2.75) is 13.3 Å². The number of anilines is 1. The molecule has 1 aromatic rings. The van der Waals surface area contributed by atoms with Crippen LogP contribution in [0.5, 0.6) is 0 Å². The second-order valence-electron chi connectivity index (χ2n) is 3.97. The summed E-state index contributed by atoms with van der Waals surface area (Å²) >= 11 is 0. The van der Waals surface area contributed by atoms with E-state index < -0.39 is 11.6 Å². The van der Waals surface area contributed by atoms with Crippen molar-refractivity contribution >= 4 is 11.6 Å². The normalized spacial score (nSPS) is 23.7. The van der Waals surface area contributed by atoms with Crippen molar-refractivity contribution in [3.8, 4) is 0 Å².